The predicted octanol–water partition coefficient (Wildman–Crippen LogP) is 3.06. The first-order valence-corrected chi connectivity index (χ1v) is 9.92. The van der Waals surface area contributed by atoms with Crippen molar-refractivity contribution < 1.29 is 14.0 Å². The van der Waals surface area contributed by atoms with Crippen molar-refractivity contribution in [2.45, 2.75) is 13.8 Å². The Morgan fingerprint density at radius 2 is 1.55 bits per heavy atom. The van der Waals surface area contributed by atoms with Gasteiger partial charge in [0.15, 0.2) is 0 Å². The van der Waals surface area contributed by atoms with Gasteiger partial charge in [-0.25, -0.2) is 4.39 Å². The second-order valence-corrected chi connectivity index (χ2v) is 7.40. The molecule has 0 bridgehead atoms. The van der Waals surface area contributed by atoms with E-state index in [2.05, 4.69) is 30.0 Å². The van der Waals surface area contributed by atoms with Gasteiger partial charge in [-0.05, 0) is 49.2 Å². The van der Waals surface area contributed by atoms with Crippen molar-refractivity contribution in [3.05, 3.63) is 71.2 Å². The number of benzene rings is 2. The summed E-state index contributed by atoms with van der Waals surface area (Å²) in [5.41, 5.74) is 3.77. The molecule has 29 heavy (non-hydrogen) atoms. The molecule has 2 amide bonds. The Bertz CT molecular complexity index is 976. The number of nitrogens with zero attached hydrogens (tertiary/aromatic N) is 3. The maximum atomic E-state index is 13.4. The monoisotopic (exact) mass is 393 g/mol. The van der Waals surface area contributed by atoms with Gasteiger partial charge >= 0.3 is 0 Å². The first-order chi connectivity index (χ1) is 14.0. The largest absolute Gasteiger partial charge is 0.368 e. The highest BCUT2D eigenvalue weighted by atomic mass is 19.1. The fraction of sp³-hybridized carbons (Fsp3) is 0.304. The summed E-state index contributed by atoms with van der Waals surface area (Å²) in [6, 6.07) is 14.1. The summed E-state index contributed by atoms with van der Waals surface area (Å²) in [5, 5.41) is 0. The molecule has 150 valence electrons. The lowest BCUT2D eigenvalue weighted by Gasteiger charge is -2.37. The maximum Gasteiger partial charge on any atom is 0.277 e. The van der Waals surface area contributed by atoms with Crippen LogP contribution in [0.3, 0.4) is 0 Å². The fourth-order valence-electron chi connectivity index (χ4n) is 4.03. The lowest BCUT2D eigenvalue weighted by molar-refractivity contribution is -0.137. The van der Waals surface area contributed by atoms with Crippen LogP contribution in [0.15, 0.2) is 54.2 Å². The van der Waals surface area contributed by atoms with Gasteiger partial charge in [-0.1, -0.05) is 24.3 Å². The van der Waals surface area contributed by atoms with E-state index in [0.717, 1.165) is 13.1 Å². The van der Waals surface area contributed by atoms with E-state index in [-0.39, 0.29) is 17.6 Å². The molecule has 2 aromatic carbocycles. The van der Waals surface area contributed by atoms with Gasteiger partial charge in [0.05, 0.1) is 5.57 Å². The molecule has 2 aromatic rings. The Morgan fingerprint density at radius 3 is 2.17 bits per heavy atom. The van der Waals surface area contributed by atoms with Gasteiger partial charge in [0, 0.05) is 38.4 Å². The van der Waals surface area contributed by atoms with Crippen LogP contribution in [0.2, 0.25) is 0 Å². The third-order valence-electron chi connectivity index (χ3n) is 5.56. The van der Waals surface area contributed by atoms with Crippen LogP contribution in [-0.2, 0) is 9.59 Å². The third kappa shape index (κ3) is 3.50. The van der Waals surface area contributed by atoms with Crippen LogP contribution in [0.25, 0.3) is 5.57 Å². The minimum atomic E-state index is -0.369. The van der Waals surface area contributed by atoms with E-state index in [1.807, 2.05) is 11.0 Å². The molecule has 0 radical (unpaired) electrons. The van der Waals surface area contributed by atoms with Crippen molar-refractivity contribution in [2.24, 2.45) is 0 Å². The summed E-state index contributed by atoms with van der Waals surface area (Å²) in [4.78, 5) is 31.5. The van der Waals surface area contributed by atoms with Crippen LogP contribution in [-0.4, -0.2) is 54.3 Å². The number of likely N-dealkylation sites (N-methyl/N-ethyl adjacent to an activating group) is 1. The van der Waals surface area contributed by atoms with E-state index in [9.17, 15) is 14.0 Å². The number of carbonyl (C=O) groups excluding carboxylic acids is 2. The van der Waals surface area contributed by atoms with Gasteiger partial charge in [0.25, 0.3) is 11.8 Å². The summed E-state index contributed by atoms with van der Waals surface area (Å²) in [6.07, 6.45) is 0. The first-order valence-electron chi connectivity index (χ1n) is 9.92. The molecule has 0 N–H and O–H groups in total. The first kappa shape index (κ1) is 19.2. The van der Waals surface area contributed by atoms with Crippen molar-refractivity contribution >= 4 is 23.1 Å². The number of hydrogen-bond acceptors (Lipinski definition) is 4. The highest BCUT2D eigenvalue weighted by molar-refractivity contribution is 6.35. The zero-order chi connectivity index (χ0) is 20.5. The van der Waals surface area contributed by atoms with E-state index >= 15 is 0 Å². The molecule has 0 unspecified atom stereocenters. The smallest absolute Gasteiger partial charge is 0.277 e. The van der Waals surface area contributed by atoms with Gasteiger partial charge in [-0.3, -0.25) is 14.5 Å². The SMILES string of the molecule is CCN1C(=O)C(c2ccc(F)cc2)=C(N2CCN(c3cccc(C)c3)CC2)C1=O. The van der Waals surface area contributed by atoms with Crippen molar-refractivity contribution in [2.75, 3.05) is 37.6 Å². The molecule has 5 nitrogen and oxygen atoms in total. The number of halogens is 1. The van der Waals surface area contributed by atoms with E-state index in [4.69, 9.17) is 0 Å². The summed E-state index contributed by atoms with van der Waals surface area (Å²) in [6.45, 7) is 6.98. The molecule has 0 atom stereocenters. The number of imide groups is 1. The van der Waals surface area contributed by atoms with Crippen LogP contribution in [0.5, 0.6) is 0 Å². The van der Waals surface area contributed by atoms with E-state index in [1.54, 1.807) is 19.1 Å². The molecule has 2 aliphatic heterocycles. The average molecular weight is 393 g/mol. The number of piperazine rings is 1. The molecule has 0 aromatic heterocycles. The van der Waals surface area contributed by atoms with Crippen LogP contribution in [0.4, 0.5) is 10.1 Å². The number of hydrogen-bond donors (Lipinski definition) is 0. The zero-order valence-electron chi connectivity index (χ0n) is 16.7. The molecular formula is C23H24FN3O2. The Balaban J connectivity index is 1.63. The van der Waals surface area contributed by atoms with Gasteiger partial charge in [0.1, 0.15) is 11.5 Å². The van der Waals surface area contributed by atoms with Crippen LogP contribution in [0.1, 0.15) is 18.1 Å². The summed E-state index contributed by atoms with van der Waals surface area (Å²) >= 11 is 0. The van der Waals surface area contributed by atoms with Crippen LogP contribution >= 0.6 is 0 Å². The molecular weight excluding hydrogens is 369 g/mol. The van der Waals surface area contributed by atoms with E-state index in [1.165, 1.54) is 28.3 Å². The van der Waals surface area contributed by atoms with Crippen molar-refractivity contribution in [3.63, 3.8) is 0 Å². The van der Waals surface area contributed by atoms with Gasteiger partial charge < -0.3 is 9.80 Å². The van der Waals surface area contributed by atoms with Gasteiger partial charge in [-0.15, -0.1) is 0 Å². The number of aryl methyl sites for hydroxylation is 1. The quantitative estimate of drug-likeness (QED) is 0.749. The van der Waals surface area contributed by atoms with Crippen LogP contribution in [0, 0.1) is 12.7 Å². The van der Waals surface area contributed by atoms with Crippen molar-refractivity contribution in [3.8, 4) is 0 Å². The second-order valence-electron chi connectivity index (χ2n) is 7.40. The molecule has 0 aliphatic carbocycles. The molecule has 2 aliphatic rings. The minimum absolute atomic E-state index is 0.263. The van der Waals surface area contributed by atoms with E-state index in [0.29, 0.717) is 36.5 Å². The molecule has 1 saturated heterocycles. The molecule has 6 heteroatoms. The lowest BCUT2D eigenvalue weighted by atomic mass is 10.0. The van der Waals surface area contributed by atoms with Crippen molar-refractivity contribution in [1.82, 2.24) is 9.80 Å². The zero-order valence-corrected chi connectivity index (χ0v) is 16.7. The summed E-state index contributed by atoms with van der Waals surface area (Å²) in [5.74, 6) is -0.937. The highest BCUT2D eigenvalue weighted by Crippen LogP contribution is 2.32. The number of carbonyl (C=O) groups is 2. The number of rotatable bonds is 4. The van der Waals surface area contributed by atoms with E-state index < -0.39 is 0 Å². The third-order valence-corrected chi connectivity index (χ3v) is 5.56. The second kappa shape index (κ2) is 7.70. The Hall–Kier alpha value is -3.15. The normalized spacial score (nSPS) is 17.6. The topological polar surface area (TPSA) is 43.9 Å². The lowest BCUT2D eigenvalue weighted by Crippen LogP contribution is -2.47. The molecule has 1 fully saturated rings. The average Bonchev–Trinajstić information content (AvgIpc) is 2.98. The minimum Gasteiger partial charge on any atom is -0.368 e. The Kier molecular flexibility index (Phi) is 5.09. The number of anilines is 1. The van der Waals surface area contributed by atoms with Gasteiger partial charge in [0.2, 0.25) is 0 Å². The Labute approximate surface area is 170 Å². The molecule has 0 saturated carbocycles. The maximum absolute atomic E-state index is 13.4. The highest BCUT2D eigenvalue weighted by Gasteiger charge is 2.41. The molecule has 4 rings (SSSR count). The fourth-order valence-corrected chi connectivity index (χ4v) is 4.03. The van der Waals surface area contributed by atoms with Crippen molar-refractivity contribution in [1.29, 1.82) is 0 Å². The Morgan fingerprint density at radius 1 is 0.897 bits per heavy atom. The number of amides is 2. The molecule has 2 heterocycles. The summed E-state index contributed by atoms with van der Waals surface area (Å²) < 4.78 is 13.4. The molecule has 0 spiro atoms. The standard InChI is InChI=1S/C23H24FN3O2/c1-3-27-22(28)20(17-7-9-18(24)10-8-17)21(23(27)29)26-13-11-25(12-14-26)19-6-4-5-16(2)15-19/h4-10,15H,3,11-14H2,1-2H3. The summed E-state index contributed by atoms with van der Waals surface area (Å²) in [7, 11) is 0. The van der Waals surface area contributed by atoms with Gasteiger partial charge in [-0.2, -0.15) is 0 Å². The predicted molar refractivity (Wildman–Crippen MR) is 111 cm³/mol. The van der Waals surface area contributed by atoms with Crippen LogP contribution < -0.4 is 4.90 Å².